The highest BCUT2D eigenvalue weighted by atomic mass is 32.2. The fourth-order valence-corrected chi connectivity index (χ4v) is 3.11. The molecule has 0 unspecified atom stereocenters. The molecule has 0 aliphatic carbocycles. The van der Waals surface area contributed by atoms with E-state index >= 15 is 0 Å². The number of guanidine groups is 1. The van der Waals surface area contributed by atoms with Crippen LogP contribution >= 0.6 is 0 Å². The second kappa shape index (κ2) is 9.43. The fraction of sp³-hybridized carbons (Fsp3) is 0.611. The molecule has 1 aromatic rings. The van der Waals surface area contributed by atoms with Crippen LogP contribution in [0.15, 0.2) is 29.3 Å². The van der Waals surface area contributed by atoms with E-state index in [4.69, 9.17) is 0 Å². The van der Waals surface area contributed by atoms with Gasteiger partial charge in [0, 0.05) is 19.3 Å². The summed E-state index contributed by atoms with van der Waals surface area (Å²) in [5, 5.41) is 6.24. The average Bonchev–Trinajstić information content (AvgIpc) is 2.55. The zero-order valence-electron chi connectivity index (χ0n) is 16.2. The number of hydrogen-bond acceptors (Lipinski definition) is 3. The first-order chi connectivity index (χ1) is 12.3. The predicted molar refractivity (Wildman–Crippen MR) is 102 cm³/mol. The smallest absolute Gasteiger partial charge is 0.357 e. The van der Waals surface area contributed by atoms with Crippen molar-refractivity contribution in [2.45, 2.75) is 39.9 Å². The molecule has 0 radical (unpaired) electrons. The van der Waals surface area contributed by atoms with Gasteiger partial charge >= 0.3 is 6.18 Å². The van der Waals surface area contributed by atoms with Crippen molar-refractivity contribution in [1.29, 1.82) is 0 Å². The Bertz CT molecular complexity index is 727. The van der Waals surface area contributed by atoms with E-state index < -0.39 is 21.6 Å². The van der Waals surface area contributed by atoms with Crippen LogP contribution in [0.4, 0.5) is 13.2 Å². The highest BCUT2D eigenvalue weighted by Gasteiger charge is 2.29. The molecule has 0 aliphatic heterocycles. The Hall–Kier alpha value is -1.77. The van der Waals surface area contributed by atoms with Crippen LogP contribution in [0.2, 0.25) is 0 Å². The molecule has 0 atom stereocenters. The maximum Gasteiger partial charge on any atom is 0.416 e. The summed E-state index contributed by atoms with van der Waals surface area (Å²) in [6.45, 7) is 7.21. The van der Waals surface area contributed by atoms with E-state index in [0.717, 1.165) is 12.1 Å². The minimum atomic E-state index is -4.35. The molecule has 154 valence electrons. The minimum Gasteiger partial charge on any atom is -0.357 e. The summed E-state index contributed by atoms with van der Waals surface area (Å²) in [4.78, 5) is 4.38. The van der Waals surface area contributed by atoms with E-state index in [-0.39, 0.29) is 17.7 Å². The molecule has 0 spiro atoms. The summed E-state index contributed by atoms with van der Waals surface area (Å²) in [5.74, 6) is 0.644. The maximum absolute atomic E-state index is 12.6. The van der Waals surface area contributed by atoms with E-state index in [0.29, 0.717) is 31.0 Å². The molecule has 2 N–H and O–H groups in total. The number of nitrogens with zero attached hydrogens (tertiary/aromatic N) is 1. The Balaban J connectivity index is 2.69. The zero-order valence-corrected chi connectivity index (χ0v) is 17.0. The van der Waals surface area contributed by atoms with Crippen molar-refractivity contribution in [3.8, 4) is 0 Å². The number of benzene rings is 1. The maximum atomic E-state index is 12.6. The lowest BCUT2D eigenvalue weighted by atomic mass is 9.90. The van der Waals surface area contributed by atoms with E-state index in [1.807, 2.05) is 20.8 Å². The molecular formula is C18H28F3N3O2S. The second-order valence-electron chi connectivity index (χ2n) is 7.29. The van der Waals surface area contributed by atoms with Gasteiger partial charge in [0.15, 0.2) is 5.96 Å². The summed E-state index contributed by atoms with van der Waals surface area (Å²) in [5.41, 5.74) is -0.280. The van der Waals surface area contributed by atoms with Crippen molar-refractivity contribution in [1.82, 2.24) is 10.6 Å². The quantitative estimate of drug-likeness (QED) is 0.513. The van der Waals surface area contributed by atoms with Crippen molar-refractivity contribution in [2.24, 2.45) is 10.4 Å². The van der Waals surface area contributed by atoms with Crippen LogP contribution in [0.25, 0.3) is 0 Å². The first-order valence-corrected chi connectivity index (χ1v) is 10.7. The second-order valence-corrected chi connectivity index (χ2v) is 9.55. The molecule has 0 saturated carbocycles. The third kappa shape index (κ3) is 9.65. The fourth-order valence-electron chi connectivity index (χ4n) is 2.18. The summed E-state index contributed by atoms with van der Waals surface area (Å²) in [7, 11) is -3.02. The Kier molecular flexibility index (Phi) is 8.13. The summed E-state index contributed by atoms with van der Waals surface area (Å²) < 4.78 is 60.5. The number of nitrogens with one attached hydrogen (secondary N) is 2. The van der Waals surface area contributed by atoms with Crippen LogP contribution in [0.1, 0.15) is 38.3 Å². The Morgan fingerprint density at radius 1 is 1.11 bits per heavy atom. The molecule has 27 heavy (non-hydrogen) atoms. The van der Waals surface area contributed by atoms with E-state index in [1.54, 1.807) is 0 Å². The first-order valence-electron chi connectivity index (χ1n) is 8.68. The molecule has 9 heteroatoms. The largest absolute Gasteiger partial charge is 0.416 e. The molecule has 5 nitrogen and oxygen atoms in total. The van der Waals surface area contributed by atoms with Gasteiger partial charge in [0.25, 0.3) is 0 Å². The monoisotopic (exact) mass is 407 g/mol. The number of hydrogen-bond donors (Lipinski definition) is 2. The molecular weight excluding hydrogens is 379 g/mol. The van der Waals surface area contributed by atoms with Crippen LogP contribution < -0.4 is 10.6 Å². The van der Waals surface area contributed by atoms with Gasteiger partial charge in [0.2, 0.25) is 0 Å². The molecule has 1 rings (SSSR count). The van der Waals surface area contributed by atoms with Crippen molar-refractivity contribution >= 4 is 15.8 Å². The number of sulfone groups is 1. The predicted octanol–water partition coefficient (Wildman–Crippen LogP) is 3.22. The van der Waals surface area contributed by atoms with Gasteiger partial charge in [-0.15, -0.1) is 0 Å². The van der Waals surface area contributed by atoms with Gasteiger partial charge in [-0.2, -0.15) is 13.2 Å². The minimum absolute atomic E-state index is 0.112. The van der Waals surface area contributed by atoms with Gasteiger partial charge in [-0.05, 0) is 36.5 Å². The van der Waals surface area contributed by atoms with E-state index in [2.05, 4.69) is 15.6 Å². The molecule has 0 aromatic heterocycles. The number of halogens is 3. The highest BCUT2D eigenvalue weighted by molar-refractivity contribution is 7.90. The summed E-state index contributed by atoms with van der Waals surface area (Å²) in [6, 6.07) is 4.90. The number of aliphatic imine (C=N–C) groups is 1. The van der Waals surface area contributed by atoms with E-state index in [1.165, 1.54) is 18.4 Å². The van der Waals surface area contributed by atoms with Crippen LogP contribution in [-0.2, 0) is 22.6 Å². The number of rotatable bonds is 8. The molecule has 0 fully saturated rings. The lowest BCUT2D eigenvalue weighted by Gasteiger charge is -2.25. The highest BCUT2D eigenvalue weighted by Crippen LogP contribution is 2.29. The SMILES string of the molecule is CCNC(=NCc1ccc(C(F)(F)F)cc1)NCC(C)(C)CCS(C)(=O)=O. The number of alkyl halides is 3. The van der Waals surface area contributed by atoms with Crippen LogP contribution in [0.5, 0.6) is 0 Å². The average molecular weight is 408 g/mol. The zero-order chi connectivity index (χ0) is 20.7. The third-order valence-electron chi connectivity index (χ3n) is 3.93. The van der Waals surface area contributed by atoms with Gasteiger partial charge in [0.1, 0.15) is 9.84 Å². The Morgan fingerprint density at radius 2 is 1.70 bits per heavy atom. The van der Waals surface area contributed by atoms with Crippen molar-refractivity contribution in [3.05, 3.63) is 35.4 Å². The summed E-state index contributed by atoms with van der Waals surface area (Å²) in [6.07, 6.45) is -2.63. The lowest BCUT2D eigenvalue weighted by Crippen LogP contribution is -2.42. The van der Waals surface area contributed by atoms with Crippen LogP contribution in [0, 0.1) is 5.41 Å². The molecule has 0 saturated heterocycles. The van der Waals surface area contributed by atoms with Gasteiger partial charge in [-0.3, -0.25) is 0 Å². The standard InChI is InChI=1S/C18H28F3N3O2S/c1-5-22-16(24-13-17(2,3)10-11-27(4,25)26)23-12-14-6-8-15(9-7-14)18(19,20)21/h6-9H,5,10-13H2,1-4H3,(H2,22,23,24). The van der Waals surface area contributed by atoms with Crippen molar-refractivity contribution < 1.29 is 21.6 Å². The lowest BCUT2D eigenvalue weighted by molar-refractivity contribution is -0.137. The Morgan fingerprint density at radius 3 is 2.19 bits per heavy atom. The normalized spacial score (nSPS) is 13.5. The van der Waals surface area contributed by atoms with Crippen molar-refractivity contribution in [2.75, 3.05) is 25.1 Å². The van der Waals surface area contributed by atoms with Gasteiger partial charge < -0.3 is 10.6 Å². The molecule has 0 amide bonds. The van der Waals surface area contributed by atoms with Crippen LogP contribution in [0.3, 0.4) is 0 Å². The molecule has 0 bridgehead atoms. The molecule has 0 heterocycles. The van der Waals surface area contributed by atoms with Gasteiger partial charge in [0.05, 0.1) is 17.9 Å². The van der Waals surface area contributed by atoms with E-state index in [9.17, 15) is 21.6 Å². The topological polar surface area (TPSA) is 70.6 Å². The first kappa shape index (κ1) is 23.3. The summed E-state index contributed by atoms with van der Waals surface area (Å²) >= 11 is 0. The molecule has 1 aromatic carbocycles. The van der Waals surface area contributed by atoms with Gasteiger partial charge in [-0.1, -0.05) is 26.0 Å². The van der Waals surface area contributed by atoms with Crippen LogP contribution in [-0.4, -0.2) is 39.5 Å². The van der Waals surface area contributed by atoms with Crippen molar-refractivity contribution in [3.63, 3.8) is 0 Å². The van der Waals surface area contributed by atoms with Gasteiger partial charge in [-0.25, -0.2) is 13.4 Å². The third-order valence-corrected chi connectivity index (χ3v) is 4.87. The molecule has 0 aliphatic rings. The Labute approximate surface area is 159 Å².